The summed E-state index contributed by atoms with van der Waals surface area (Å²) in [6.45, 7) is 6.29. The lowest BCUT2D eigenvalue weighted by Gasteiger charge is -2.24. The smallest absolute Gasteiger partial charge is 0.146 e. The second kappa shape index (κ2) is 6.89. The maximum absolute atomic E-state index is 4.30. The summed E-state index contributed by atoms with van der Waals surface area (Å²) in [6, 6.07) is 7.74. The van der Waals surface area contributed by atoms with E-state index in [4.69, 9.17) is 0 Å². The summed E-state index contributed by atoms with van der Waals surface area (Å²) >= 11 is 0. The van der Waals surface area contributed by atoms with E-state index in [1.165, 1.54) is 37.8 Å². The van der Waals surface area contributed by atoms with Crippen LogP contribution in [0.4, 0.5) is 0 Å². The Kier molecular flexibility index (Phi) is 4.61. The third-order valence-electron chi connectivity index (χ3n) is 6.01. The summed E-state index contributed by atoms with van der Waals surface area (Å²) in [5.74, 6) is 2.03. The fourth-order valence-corrected chi connectivity index (χ4v) is 4.24. The van der Waals surface area contributed by atoms with Gasteiger partial charge in [0.25, 0.3) is 0 Å². The molecular formula is C20H29N5. The standard InChI is InChI=1S/C20H29N5/c1-15-21-22-20(24(15)3)14-23(2)19-9-10-25(13-19)12-16-7-8-17-5-4-6-18(17)11-16/h7-8,11,19H,4-6,9-10,12-14H2,1-3H3/t19-/m1/s1. The highest BCUT2D eigenvalue weighted by molar-refractivity contribution is 5.35. The summed E-state index contributed by atoms with van der Waals surface area (Å²) < 4.78 is 2.09. The molecule has 1 aromatic heterocycles. The number of rotatable bonds is 5. The van der Waals surface area contributed by atoms with Crippen molar-refractivity contribution in [1.29, 1.82) is 0 Å². The van der Waals surface area contributed by atoms with Crippen molar-refractivity contribution < 1.29 is 0 Å². The Hall–Kier alpha value is -1.72. The van der Waals surface area contributed by atoms with Crippen LogP contribution in [0.1, 0.15) is 41.2 Å². The molecule has 2 aliphatic rings. The molecule has 0 radical (unpaired) electrons. The van der Waals surface area contributed by atoms with Crippen LogP contribution in [0.25, 0.3) is 0 Å². The molecule has 0 bridgehead atoms. The highest BCUT2D eigenvalue weighted by Crippen LogP contribution is 2.25. The molecule has 0 amide bonds. The lowest BCUT2D eigenvalue weighted by atomic mass is 10.1. The Balaban J connectivity index is 1.34. The van der Waals surface area contributed by atoms with E-state index in [0.717, 1.165) is 31.3 Å². The fraction of sp³-hybridized carbons (Fsp3) is 0.600. The predicted octanol–water partition coefficient (Wildman–Crippen LogP) is 2.32. The Morgan fingerprint density at radius 3 is 2.84 bits per heavy atom. The van der Waals surface area contributed by atoms with Gasteiger partial charge in [-0.1, -0.05) is 18.2 Å². The molecule has 1 fully saturated rings. The summed E-state index contributed by atoms with van der Waals surface area (Å²) in [4.78, 5) is 5.03. The molecule has 0 unspecified atom stereocenters. The molecule has 5 nitrogen and oxygen atoms in total. The van der Waals surface area contributed by atoms with E-state index in [-0.39, 0.29) is 0 Å². The SMILES string of the molecule is Cc1nnc(CN(C)[C@@H]2CCN(Cc3ccc4c(c3)CCC4)C2)n1C. The van der Waals surface area contributed by atoms with Gasteiger partial charge in [0, 0.05) is 32.7 Å². The number of fused-ring (bicyclic) bond motifs is 1. The van der Waals surface area contributed by atoms with Gasteiger partial charge in [-0.2, -0.15) is 0 Å². The topological polar surface area (TPSA) is 37.2 Å². The van der Waals surface area contributed by atoms with Crippen molar-refractivity contribution in [1.82, 2.24) is 24.6 Å². The second-order valence-corrected chi connectivity index (χ2v) is 7.77. The van der Waals surface area contributed by atoms with Crippen molar-refractivity contribution >= 4 is 0 Å². The largest absolute Gasteiger partial charge is 0.317 e. The Labute approximate surface area is 150 Å². The molecule has 0 spiro atoms. The minimum Gasteiger partial charge on any atom is -0.317 e. The molecule has 134 valence electrons. The summed E-state index contributed by atoms with van der Waals surface area (Å²) in [5, 5.41) is 8.48. The van der Waals surface area contributed by atoms with Crippen LogP contribution in [0.15, 0.2) is 18.2 Å². The van der Waals surface area contributed by atoms with Crippen LogP contribution >= 0.6 is 0 Å². The number of hydrogen-bond acceptors (Lipinski definition) is 4. The molecule has 25 heavy (non-hydrogen) atoms. The molecule has 2 aromatic rings. The first kappa shape index (κ1) is 16.7. The Morgan fingerprint density at radius 2 is 2.04 bits per heavy atom. The van der Waals surface area contributed by atoms with Crippen LogP contribution in [0.3, 0.4) is 0 Å². The van der Waals surface area contributed by atoms with Gasteiger partial charge in [0.05, 0.1) is 6.54 Å². The number of likely N-dealkylation sites (tertiary alicyclic amines) is 1. The van der Waals surface area contributed by atoms with E-state index < -0.39 is 0 Å². The zero-order valence-electron chi connectivity index (χ0n) is 15.7. The quantitative estimate of drug-likeness (QED) is 0.838. The predicted molar refractivity (Wildman–Crippen MR) is 99.4 cm³/mol. The number of benzene rings is 1. The minimum atomic E-state index is 0.603. The van der Waals surface area contributed by atoms with E-state index >= 15 is 0 Å². The molecular weight excluding hydrogens is 310 g/mol. The molecule has 4 rings (SSSR count). The van der Waals surface area contributed by atoms with Crippen molar-refractivity contribution in [2.24, 2.45) is 7.05 Å². The minimum absolute atomic E-state index is 0.603. The average molecular weight is 339 g/mol. The van der Waals surface area contributed by atoms with Crippen LogP contribution < -0.4 is 0 Å². The van der Waals surface area contributed by atoms with Crippen molar-refractivity contribution in [3.05, 3.63) is 46.5 Å². The maximum Gasteiger partial charge on any atom is 0.146 e. The van der Waals surface area contributed by atoms with Crippen molar-refractivity contribution in [2.45, 2.75) is 51.7 Å². The van der Waals surface area contributed by atoms with E-state index in [2.05, 4.69) is 49.8 Å². The highest BCUT2D eigenvalue weighted by atomic mass is 15.3. The first-order chi connectivity index (χ1) is 12.1. The average Bonchev–Trinajstić information content (AvgIpc) is 3.31. The van der Waals surface area contributed by atoms with E-state index in [9.17, 15) is 0 Å². The molecule has 0 N–H and O–H groups in total. The number of nitrogens with zero attached hydrogens (tertiary/aromatic N) is 5. The van der Waals surface area contributed by atoms with Crippen LogP contribution in [-0.2, 0) is 33.0 Å². The molecule has 1 aromatic carbocycles. The van der Waals surface area contributed by atoms with Gasteiger partial charge in [-0.05, 0) is 56.3 Å². The molecule has 1 aliphatic heterocycles. The highest BCUT2D eigenvalue weighted by Gasteiger charge is 2.26. The van der Waals surface area contributed by atoms with E-state index in [1.807, 2.05) is 14.0 Å². The molecule has 0 saturated carbocycles. The number of hydrogen-bond donors (Lipinski definition) is 0. The Morgan fingerprint density at radius 1 is 1.20 bits per heavy atom. The summed E-state index contributed by atoms with van der Waals surface area (Å²) in [5.41, 5.74) is 4.64. The Bertz CT molecular complexity index is 751. The fourth-order valence-electron chi connectivity index (χ4n) is 4.24. The normalized spacial score (nSPS) is 20.6. The van der Waals surface area contributed by atoms with Gasteiger partial charge < -0.3 is 4.57 Å². The van der Waals surface area contributed by atoms with E-state index in [0.29, 0.717) is 6.04 Å². The van der Waals surface area contributed by atoms with Crippen molar-refractivity contribution in [2.75, 3.05) is 20.1 Å². The van der Waals surface area contributed by atoms with Crippen molar-refractivity contribution in [3.8, 4) is 0 Å². The summed E-state index contributed by atoms with van der Waals surface area (Å²) in [7, 11) is 4.26. The number of likely N-dealkylation sites (N-methyl/N-ethyl adjacent to an activating group) is 1. The third-order valence-corrected chi connectivity index (χ3v) is 6.01. The van der Waals surface area contributed by atoms with Gasteiger partial charge in [0.15, 0.2) is 0 Å². The van der Waals surface area contributed by atoms with Gasteiger partial charge in [0.1, 0.15) is 11.6 Å². The first-order valence-electron chi connectivity index (χ1n) is 9.48. The molecule has 2 heterocycles. The lowest BCUT2D eigenvalue weighted by Crippen LogP contribution is -2.34. The molecule has 5 heteroatoms. The lowest BCUT2D eigenvalue weighted by molar-refractivity contribution is 0.216. The van der Waals surface area contributed by atoms with Gasteiger partial charge >= 0.3 is 0 Å². The molecule has 1 saturated heterocycles. The first-order valence-corrected chi connectivity index (χ1v) is 9.48. The molecule has 1 aliphatic carbocycles. The van der Waals surface area contributed by atoms with Gasteiger partial charge in [-0.15, -0.1) is 10.2 Å². The van der Waals surface area contributed by atoms with E-state index in [1.54, 1.807) is 11.1 Å². The third kappa shape index (κ3) is 3.48. The van der Waals surface area contributed by atoms with Crippen molar-refractivity contribution in [3.63, 3.8) is 0 Å². The monoisotopic (exact) mass is 339 g/mol. The number of aryl methyl sites for hydroxylation is 3. The zero-order valence-corrected chi connectivity index (χ0v) is 15.7. The van der Waals surface area contributed by atoms with Gasteiger partial charge in [-0.3, -0.25) is 9.80 Å². The maximum atomic E-state index is 4.30. The molecule has 1 atom stereocenters. The summed E-state index contributed by atoms with van der Waals surface area (Å²) in [6.07, 6.45) is 5.11. The van der Waals surface area contributed by atoms with Crippen LogP contribution in [-0.4, -0.2) is 50.7 Å². The van der Waals surface area contributed by atoms with Gasteiger partial charge in [0.2, 0.25) is 0 Å². The number of aromatic nitrogens is 3. The second-order valence-electron chi connectivity index (χ2n) is 7.77. The van der Waals surface area contributed by atoms with Crippen LogP contribution in [0.2, 0.25) is 0 Å². The van der Waals surface area contributed by atoms with Gasteiger partial charge in [-0.25, -0.2) is 0 Å². The zero-order chi connectivity index (χ0) is 17.4. The van der Waals surface area contributed by atoms with Crippen LogP contribution in [0.5, 0.6) is 0 Å². The van der Waals surface area contributed by atoms with Crippen LogP contribution in [0, 0.1) is 6.92 Å².